The van der Waals surface area contributed by atoms with E-state index in [9.17, 15) is 13.2 Å². The Bertz CT molecular complexity index is 1010. The zero-order valence-corrected chi connectivity index (χ0v) is 19.3. The normalized spacial score (nSPS) is 15.8. The van der Waals surface area contributed by atoms with Crippen molar-refractivity contribution in [3.8, 4) is 11.5 Å². The van der Waals surface area contributed by atoms with E-state index < -0.39 is 15.3 Å². The van der Waals surface area contributed by atoms with Crippen molar-refractivity contribution in [1.82, 2.24) is 4.31 Å². The molecule has 8 nitrogen and oxygen atoms in total. The first kappa shape index (κ1) is 23.4. The molecule has 1 heterocycles. The first-order chi connectivity index (χ1) is 14.8. The summed E-state index contributed by atoms with van der Waals surface area (Å²) in [6.07, 6.45) is 0. The summed E-state index contributed by atoms with van der Waals surface area (Å²) in [6, 6.07) is 12.0. The lowest BCUT2D eigenvalue weighted by Crippen LogP contribution is -2.40. The lowest BCUT2D eigenvalue weighted by molar-refractivity contribution is -0.115. The molecule has 1 aliphatic rings. The van der Waals surface area contributed by atoms with Gasteiger partial charge >= 0.3 is 0 Å². The second-order valence-corrected chi connectivity index (χ2v) is 10.1. The standard InChI is InChI=1S/C21H26N2O6S2/c1-15(30-18-7-5-17(27-2)6-8-18)21(24)22-16-4-9-19(28-3)20(14-16)31(25,26)23-10-12-29-13-11-23/h4-9,14-15H,10-13H2,1-3H3,(H,22,24)/t15-/m0/s1. The summed E-state index contributed by atoms with van der Waals surface area (Å²) in [4.78, 5) is 13.6. The molecule has 1 atom stereocenters. The van der Waals surface area contributed by atoms with E-state index in [1.807, 2.05) is 24.3 Å². The molecule has 168 valence electrons. The van der Waals surface area contributed by atoms with Crippen LogP contribution in [0.3, 0.4) is 0 Å². The highest BCUT2D eigenvalue weighted by Gasteiger charge is 2.29. The van der Waals surface area contributed by atoms with Gasteiger partial charge in [0.25, 0.3) is 0 Å². The Kier molecular flexibility index (Phi) is 7.82. The van der Waals surface area contributed by atoms with Gasteiger partial charge in [0.2, 0.25) is 15.9 Å². The maximum Gasteiger partial charge on any atom is 0.246 e. The average molecular weight is 467 g/mol. The monoisotopic (exact) mass is 466 g/mol. The Balaban J connectivity index is 1.74. The summed E-state index contributed by atoms with van der Waals surface area (Å²) in [5.41, 5.74) is 0.389. The minimum absolute atomic E-state index is 0.0187. The minimum Gasteiger partial charge on any atom is -0.497 e. The van der Waals surface area contributed by atoms with E-state index in [0.29, 0.717) is 18.9 Å². The van der Waals surface area contributed by atoms with Gasteiger partial charge in [0, 0.05) is 23.7 Å². The third-order valence-electron chi connectivity index (χ3n) is 4.76. The van der Waals surface area contributed by atoms with E-state index in [2.05, 4.69) is 5.32 Å². The lowest BCUT2D eigenvalue weighted by Gasteiger charge is -2.27. The SMILES string of the molecule is COc1ccc(S[C@@H](C)C(=O)Nc2ccc(OC)c(S(=O)(=O)N3CCOCC3)c2)cc1. The Hall–Kier alpha value is -2.27. The van der Waals surface area contributed by atoms with Crippen LogP contribution in [0, 0.1) is 0 Å². The molecule has 2 aromatic carbocycles. The number of carbonyl (C=O) groups excluding carboxylic acids is 1. The van der Waals surface area contributed by atoms with Gasteiger partial charge < -0.3 is 19.5 Å². The first-order valence-corrected chi connectivity index (χ1v) is 12.0. The molecule has 0 radical (unpaired) electrons. The topological polar surface area (TPSA) is 94.2 Å². The molecule has 0 spiro atoms. The second kappa shape index (κ2) is 10.4. The number of ether oxygens (including phenoxy) is 3. The highest BCUT2D eigenvalue weighted by molar-refractivity contribution is 8.00. The smallest absolute Gasteiger partial charge is 0.246 e. The number of methoxy groups -OCH3 is 2. The summed E-state index contributed by atoms with van der Waals surface area (Å²) in [6.45, 7) is 3.03. The predicted molar refractivity (Wildman–Crippen MR) is 120 cm³/mol. The number of nitrogens with one attached hydrogen (secondary N) is 1. The minimum atomic E-state index is -3.78. The zero-order valence-electron chi connectivity index (χ0n) is 17.7. The molecular weight excluding hydrogens is 440 g/mol. The molecule has 0 bridgehead atoms. The molecule has 1 saturated heterocycles. The van der Waals surface area contributed by atoms with Crippen LogP contribution in [0.1, 0.15) is 6.92 Å². The number of nitrogens with zero attached hydrogens (tertiary/aromatic N) is 1. The average Bonchev–Trinajstić information content (AvgIpc) is 2.80. The molecule has 1 N–H and O–H groups in total. The fraction of sp³-hybridized carbons (Fsp3) is 0.381. The fourth-order valence-electron chi connectivity index (χ4n) is 3.04. The van der Waals surface area contributed by atoms with Crippen molar-refractivity contribution in [2.45, 2.75) is 22.0 Å². The van der Waals surface area contributed by atoms with Gasteiger partial charge in [-0.1, -0.05) is 0 Å². The molecule has 1 aliphatic heterocycles. The van der Waals surface area contributed by atoms with Crippen LogP contribution in [0.2, 0.25) is 0 Å². The van der Waals surface area contributed by atoms with E-state index >= 15 is 0 Å². The van der Waals surface area contributed by atoms with Crippen LogP contribution in [-0.4, -0.2) is 64.4 Å². The number of thioether (sulfide) groups is 1. The van der Waals surface area contributed by atoms with Crippen LogP contribution in [-0.2, 0) is 19.6 Å². The highest BCUT2D eigenvalue weighted by atomic mass is 32.2. The van der Waals surface area contributed by atoms with E-state index in [0.717, 1.165) is 10.6 Å². The Morgan fingerprint density at radius 1 is 1.10 bits per heavy atom. The summed E-state index contributed by atoms with van der Waals surface area (Å²) in [5, 5.41) is 2.41. The summed E-state index contributed by atoms with van der Waals surface area (Å²) < 4.78 is 43.2. The Morgan fingerprint density at radius 2 is 1.77 bits per heavy atom. The number of benzene rings is 2. The van der Waals surface area contributed by atoms with Crippen LogP contribution >= 0.6 is 11.8 Å². The third-order valence-corrected chi connectivity index (χ3v) is 7.79. The highest BCUT2D eigenvalue weighted by Crippen LogP contribution is 2.31. The molecule has 1 fully saturated rings. The van der Waals surface area contributed by atoms with E-state index in [1.165, 1.54) is 29.2 Å². The van der Waals surface area contributed by atoms with Gasteiger partial charge in [0.15, 0.2) is 0 Å². The van der Waals surface area contributed by atoms with Crippen LogP contribution in [0.15, 0.2) is 52.3 Å². The van der Waals surface area contributed by atoms with Crippen LogP contribution < -0.4 is 14.8 Å². The number of hydrogen-bond donors (Lipinski definition) is 1. The van der Waals surface area contributed by atoms with E-state index in [4.69, 9.17) is 14.2 Å². The third kappa shape index (κ3) is 5.70. The summed E-state index contributed by atoms with van der Waals surface area (Å²) >= 11 is 1.40. The molecule has 1 amide bonds. The molecule has 3 rings (SSSR count). The number of morpholine rings is 1. The van der Waals surface area contributed by atoms with E-state index in [1.54, 1.807) is 26.2 Å². The number of amides is 1. The van der Waals surface area contributed by atoms with Crippen molar-refractivity contribution >= 4 is 33.4 Å². The predicted octanol–water partition coefficient (Wildman–Crippen LogP) is 2.84. The van der Waals surface area contributed by atoms with Crippen molar-refractivity contribution in [3.63, 3.8) is 0 Å². The summed E-state index contributed by atoms with van der Waals surface area (Å²) in [5.74, 6) is 0.736. The van der Waals surface area contributed by atoms with Gasteiger partial charge in [-0.25, -0.2) is 8.42 Å². The number of rotatable bonds is 8. The van der Waals surface area contributed by atoms with Gasteiger partial charge in [-0.15, -0.1) is 11.8 Å². The summed E-state index contributed by atoms with van der Waals surface area (Å²) in [7, 11) is -0.765. The Morgan fingerprint density at radius 3 is 2.39 bits per heavy atom. The largest absolute Gasteiger partial charge is 0.497 e. The van der Waals surface area contributed by atoms with Crippen molar-refractivity contribution in [2.24, 2.45) is 0 Å². The van der Waals surface area contributed by atoms with Gasteiger partial charge in [0.1, 0.15) is 16.4 Å². The second-order valence-electron chi connectivity index (χ2n) is 6.81. The maximum absolute atomic E-state index is 13.1. The molecule has 31 heavy (non-hydrogen) atoms. The quantitative estimate of drug-likeness (QED) is 0.598. The van der Waals surface area contributed by atoms with Crippen molar-refractivity contribution < 1.29 is 27.4 Å². The van der Waals surface area contributed by atoms with Crippen LogP contribution in [0.5, 0.6) is 11.5 Å². The van der Waals surface area contributed by atoms with E-state index in [-0.39, 0.29) is 29.6 Å². The molecule has 0 unspecified atom stereocenters. The first-order valence-electron chi connectivity index (χ1n) is 9.72. The number of anilines is 1. The molecule has 0 aliphatic carbocycles. The number of sulfonamides is 1. The molecular formula is C21H26N2O6S2. The molecule has 2 aromatic rings. The number of carbonyl (C=O) groups is 1. The zero-order chi connectivity index (χ0) is 22.4. The molecule has 0 saturated carbocycles. The lowest BCUT2D eigenvalue weighted by atomic mass is 10.3. The van der Waals surface area contributed by atoms with Crippen molar-refractivity contribution in [2.75, 3.05) is 45.8 Å². The van der Waals surface area contributed by atoms with Crippen molar-refractivity contribution in [3.05, 3.63) is 42.5 Å². The van der Waals surface area contributed by atoms with Gasteiger partial charge in [-0.2, -0.15) is 4.31 Å². The van der Waals surface area contributed by atoms with Gasteiger partial charge in [0.05, 0.1) is 32.7 Å². The van der Waals surface area contributed by atoms with Gasteiger partial charge in [-0.05, 0) is 49.4 Å². The molecule has 0 aromatic heterocycles. The van der Waals surface area contributed by atoms with Crippen LogP contribution in [0.4, 0.5) is 5.69 Å². The number of hydrogen-bond acceptors (Lipinski definition) is 7. The Labute approximate surface area is 186 Å². The fourth-order valence-corrected chi connectivity index (χ4v) is 5.49. The van der Waals surface area contributed by atoms with Crippen LogP contribution in [0.25, 0.3) is 0 Å². The van der Waals surface area contributed by atoms with Crippen molar-refractivity contribution in [1.29, 1.82) is 0 Å². The maximum atomic E-state index is 13.1. The van der Waals surface area contributed by atoms with Gasteiger partial charge in [-0.3, -0.25) is 4.79 Å². The molecule has 10 heteroatoms.